The smallest absolute Gasteiger partial charge is 0.383 e. The maximum Gasteiger partial charge on any atom is 0.416 e. The summed E-state index contributed by atoms with van der Waals surface area (Å²) in [4.78, 5) is 19.6. The standard InChI is InChI=1S/C18H22F3N3O2S/c1-4-9-23(10-11-26-3)16(25)22-17-24(12-13(2)27-17)15-7-5-14(6-8-15)18(19,20)21/h5-8,12H,4,9-11H2,1-3H3. The van der Waals surface area contributed by atoms with Crippen LogP contribution in [0.2, 0.25) is 0 Å². The molecular formula is C18H22F3N3O2S. The number of urea groups is 1. The zero-order chi connectivity index (χ0) is 20.0. The van der Waals surface area contributed by atoms with E-state index in [0.717, 1.165) is 23.4 Å². The molecule has 0 fully saturated rings. The van der Waals surface area contributed by atoms with Gasteiger partial charge in [0.1, 0.15) is 0 Å². The van der Waals surface area contributed by atoms with Gasteiger partial charge in [-0.2, -0.15) is 18.2 Å². The quantitative estimate of drug-likeness (QED) is 0.727. The Balaban J connectivity index is 2.36. The van der Waals surface area contributed by atoms with Gasteiger partial charge in [-0.05, 0) is 37.6 Å². The van der Waals surface area contributed by atoms with E-state index in [1.54, 1.807) is 22.8 Å². The summed E-state index contributed by atoms with van der Waals surface area (Å²) in [5, 5.41) is 0. The largest absolute Gasteiger partial charge is 0.416 e. The van der Waals surface area contributed by atoms with Crippen molar-refractivity contribution in [1.29, 1.82) is 0 Å². The molecule has 0 N–H and O–H groups in total. The minimum Gasteiger partial charge on any atom is -0.383 e. The van der Waals surface area contributed by atoms with Crippen molar-refractivity contribution in [2.45, 2.75) is 26.4 Å². The van der Waals surface area contributed by atoms with Gasteiger partial charge in [0.2, 0.25) is 0 Å². The first-order chi connectivity index (χ1) is 12.8. The number of methoxy groups -OCH3 is 1. The van der Waals surface area contributed by atoms with E-state index in [-0.39, 0.29) is 0 Å². The molecule has 1 heterocycles. The number of hydrogen-bond acceptors (Lipinski definition) is 3. The van der Waals surface area contributed by atoms with Gasteiger partial charge >= 0.3 is 12.2 Å². The molecule has 2 amide bonds. The number of thiazole rings is 1. The van der Waals surface area contributed by atoms with Crippen LogP contribution in [0.4, 0.5) is 18.0 Å². The second kappa shape index (κ2) is 9.18. The summed E-state index contributed by atoms with van der Waals surface area (Å²) in [5.41, 5.74) is -0.208. The van der Waals surface area contributed by atoms with Crippen LogP contribution in [-0.2, 0) is 10.9 Å². The van der Waals surface area contributed by atoms with Crippen LogP contribution < -0.4 is 4.80 Å². The van der Waals surface area contributed by atoms with Crippen molar-refractivity contribution in [3.63, 3.8) is 0 Å². The number of aromatic nitrogens is 1. The number of hydrogen-bond donors (Lipinski definition) is 0. The van der Waals surface area contributed by atoms with Crippen molar-refractivity contribution in [1.82, 2.24) is 9.47 Å². The minimum absolute atomic E-state index is 0.392. The molecule has 1 aromatic carbocycles. The Bertz CT molecular complexity index is 826. The molecule has 0 atom stereocenters. The van der Waals surface area contributed by atoms with Crippen LogP contribution in [0, 0.1) is 6.92 Å². The number of amides is 2. The van der Waals surface area contributed by atoms with Crippen molar-refractivity contribution < 1.29 is 22.7 Å². The Hall–Kier alpha value is -2.13. The lowest BCUT2D eigenvalue weighted by Gasteiger charge is -2.18. The number of halogens is 3. The Morgan fingerprint density at radius 2 is 1.93 bits per heavy atom. The van der Waals surface area contributed by atoms with Crippen molar-refractivity contribution >= 4 is 17.4 Å². The molecule has 0 aliphatic heterocycles. The zero-order valence-corrected chi connectivity index (χ0v) is 16.2. The summed E-state index contributed by atoms with van der Waals surface area (Å²) in [5.74, 6) is 0. The van der Waals surface area contributed by atoms with E-state index in [4.69, 9.17) is 4.74 Å². The highest BCUT2D eigenvalue weighted by atomic mass is 32.1. The third-order valence-corrected chi connectivity index (χ3v) is 4.66. The number of ether oxygens (including phenoxy) is 1. The second-order valence-electron chi connectivity index (χ2n) is 5.91. The third-order valence-electron chi connectivity index (χ3n) is 3.76. The average molecular weight is 401 g/mol. The molecule has 0 spiro atoms. The molecule has 0 aliphatic rings. The van der Waals surface area contributed by atoms with Gasteiger partial charge in [0, 0.05) is 37.0 Å². The first-order valence-electron chi connectivity index (χ1n) is 8.45. The number of carbonyl (C=O) groups excluding carboxylic acids is 1. The molecule has 27 heavy (non-hydrogen) atoms. The molecule has 0 aliphatic carbocycles. The van der Waals surface area contributed by atoms with Crippen LogP contribution in [0.5, 0.6) is 0 Å². The molecule has 0 saturated carbocycles. The minimum atomic E-state index is -4.39. The Morgan fingerprint density at radius 1 is 1.26 bits per heavy atom. The highest BCUT2D eigenvalue weighted by Gasteiger charge is 2.30. The fourth-order valence-corrected chi connectivity index (χ4v) is 3.28. The van der Waals surface area contributed by atoms with Crippen LogP contribution in [0.3, 0.4) is 0 Å². The molecule has 0 unspecified atom stereocenters. The van der Waals surface area contributed by atoms with E-state index in [0.29, 0.717) is 30.2 Å². The van der Waals surface area contributed by atoms with E-state index < -0.39 is 17.8 Å². The molecule has 5 nitrogen and oxygen atoms in total. The van der Waals surface area contributed by atoms with Crippen molar-refractivity contribution in [2.24, 2.45) is 4.99 Å². The Kier molecular flexibility index (Phi) is 7.20. The summed E-state index contributed by atoms with van der Waals surface area (Å²) in [6.07, 6.45) is -1.86. The zero-order valence-electron chi connectivity index (χ0n) is 15.4. The Labute approximate surface area is 159 Å². The van der Waals surface area contributed by atoms with Gasteiger partial charge in [-0.3, -0.25) is 4.57 Å². The maximum absolute atomic E-state index is 12.8. The molecule has 9 heteroatoms. The third kappa shape index (κ3) is 5.67. The van der Waals surface area contributed by atoms with Crippen molar-refractivity contribution in [2.75, 3.05) is 26.8 Å². The predicted molar refractivity (Wildman–Crippen MR) is 98.1 cm³/mol. The number of carbonyl (C=O) groups is 1. The van der Waals surface area contributed by atoms with Gasteiger partial charge in [0.15, 0.2) is 4.80 Å². The van der Waals surface area contributed by atoms with Crippen LogP contribution in [0.25, 0.3) is 5.69 Å². The summed E-state index contributed by atoms with van der Waals surface area (Å²) in [6, 6.07) is 4.38. The average Bonchev–Trinajstić information content (AvgIpc) is 2.98. The van der Waals surface area contributed by atoms with E-state index in [2.05, 4.69) is 4.99 Å². The van der Waals surface area contributed by atoms with E-state index in [9.17, 15) is 18.0 Å². The van der Waals surface area contributed by atoms with Crippen molar-refractivity contribution in [3.05, 3.63) is 45.7 Å². The molecule has 0 radical (unpaired) electrons. The van der Waals surface area contributed by atoms with Crippen LogP contribution in [0.1, 0.15) is 23.8 Å². The number of benzene rings is 1. The lowest BCUT2D eigenvalue weighted by Crippen LogP contribution is -2.34. The van der Waals surface area contributed by atoms with Crippen molar-refractivity contribution in [3.8, 4) is 5.69 Å². The molecule has 1 aromatic heterocycles. The summed E-state index contributed by atoms with van der Waals surface area (Å²) in [7, 11) is 1.56. The summed E-state index contributed by atoms with van der Waals surface area (Å²) in [6.45, 7) is 5.20. The predicted octanol–water partition coefficient (Wildman–Crippen LogP) is 4.25. The first kappa shape index (κ1) is 21.2. The van der Waals surface area contributed by atoms with Crippen LogP contribution in [0.15, 0.2) is 35.5 Å². The van der Waals surface area contributed by atoms with Gasteiger partial charge < -0.3 is 9.64 Å². The monoisotopic (exact) mass is 401 g/mol. The van der Waals surface area contributed by atoms with E-state index >= 15 is 0 Å². The number of alkyl halides is 3. The normalized spacial score (nSPS) is 12.4. The molecular weight excluding hydrogens is 379 g/mol. The second-order valence-corrected chi connectivity index (χ2v) is 7.13. The highest BCUT2D eigenvalue weighted by Crippen LogP contribution is 2.29. The fourth-order valence-electron chi connectivity index (χ4n) is 2.46. The summed E-state index contributed by atoms with van der Waals surface area (Å²) < 4.78 is 44.9. The van der Waals surface area contributed by atoms with Gasteiger partial charge in [-0.25, -0.2) is 4.79 Å². The first-order valence-corrected chi connectivity index (χ1v) is 9.27. The number of aryl methyl sites for hydroxylation is 1. The highest BCUT2D eigenvalue weighted by molar-refractivity contribution is 7.09. The number of nitrogens with zero attached hydrogens (tertiary/aromatic N) is 3. The maximum atomic E-state index is 12.8. The SMILES string of the molecule is CCCN(CCOC)C(=O)N=c1sc(C)cn1-c1ccc(C(F)(F)F)cc1. The molecule has 0 bridgehead atoms. The van der Waals surface area contributed by atoms with Gasteiger partial charge in [0.25, 0.3) is 0 Å². The summed E-state index contributed by atoms with van der Waals surface area (Å²) >= 11 is 1.30. The topological polar surface area (TPSA) is 46.8 Å². The Morgan fingerprint density at radius 3 is 2.48 bits per heavy atom. The molecule has 2 rings (SSSR count). The van der Waals surface area contributed by atoms with E-state index in [1.807, 2.05) is 13.8 Å². The van der Waals surface area contributed by atoms with Gasteiger partial charge in [0.05, 0.1) is 12.2 Å². The number of rotatable bonds is 6. The fraction of sp³-hybridized carbons (Fsp3) is 0.444. The lowest BCUT2D eigenvalue weighted by molar-refractivity contribution is -0.137. The molecule has 0 saturated heterocycles. The lowest BCUT2D eigenvalue weighted by atomic mass is 10.2. The molecule has 148 valence electrons. The molecule has 2 aromatic rings. The van der Waals surface area contributed by atoms with Gasteiger partial charge in [-0.1, -0.05) is 6.92 Å². The van der Waals surface area contributed by atoms with Crippen LogP contribution in [-0.4, -0.2) is 42.3 Å². The van der Waals surface area contributed by atoms with Crippen LogP contribution >= 0.6 is 11.3 Å². The van der Waals surface area contributed by atoms with E-state index in [1.165, 1.54) is 23.5 Å². The van der Waals surface area contributed by atoms with Gasteiger partial charge in [-0.15, -0.1) is 11.3 Å².